The second-order valence-corrected chi connectivity index (χ2v) is 2.32. The summed E-state index contributed by atoms with van der Waals surface area (Å²) in [4.78, 5) is 18.8. The van der Waals surface area contributed by atoms with E-state index in [-0.39, 0.29) is 24.6 Å². The van der Waals surface area contributed by atoms with Crippen molar-refractivity contribution in [3.05, 3.63) is 23.8 Å². The molecule has 0 bridgehead atoms. The molecule has 0 aliphatic heterocycles. The highest BCUT2D eigenvalue weighted by atomic mass is 35.5. The fourth-order valence-corrected chi connectivity index (χ4v) is 0.826. The van der Waals surface area contributed by atoms with E-state index in [1.807, 2.05) is 0 Å². The highest BCUT2D eigenvalue weighted by molar-refractivity contribution is 5.87. The lowest BCUT2D eigenvalue weighted by molar-refractivity contribution is 0.0519. The van der Waals surface area contributed by atoms with E-state index in [2.05, 4.69) is 9.97 Å². The van der Waals surface area contributed by atoms with Crippen LogP contribution in [0.25, 0.3) is 0 Å². The molecule has 1 aromatic heterocycles. The lowest BCUT2D eigenvalue weighted by Gasteiger charge is -2.01. The third kappa shape index (κ3) is 3.27. The van der Waals surface area contributed by atoms with E-state index in [0.29, 0.717) is 12.3 Å². The van der Waals surface area contributed by atoms with Gasteiger partial charge < -0.3 is 10.5 Å². The number of halogens is 1. The molecule has 0 spiro atoms. The summed E-state index contributed by atoms with van der Waals surface area (Å²) in [5, 5.41) is 0. The first kappa shape index (κ1) is 12.8. The molecule has 0 aromatic carbocycles. The van der Waals surface area contributed by atoms with Gasteiger partial charge in [0, 0.05) is 6.54 Å². The normalized spacial score (nSPS) is 9.00. The summed E-state index contributed by atoms with van der Waals surface area (Å²) in [6.07, 6.45) is 1.30. The largest absolute Gasteiger partial charge is 0.461 e. The van der Waals surface area contributed by atoms with Gasteiger partial charge >= 0.3 is 5.97 Å². The summed E-state index contributed by atoms with van der Waals surface area (Å²) in [5.74, 6) is -0.445. The zero-order valence-electron chi connectivity index (χ0n) is 7.77. The van der Waals surface area contributed by atoms with Crippen molar-refractivity contribution in [3.63, 3.8) is 0 Å². The Hall–Kier alpha value is -1.20. The maximum Gasteiger partial charge on any atom is 0.357 e. The van der Waals surface area contributed by atoms with Gasteiger partial charge in [-0.25, -0.2) is 14.8 Å². The molecule has 0 aliphatic rings. The van der Waals surface area contributed by atoms with E-state index in [1.165, 1.54) is 12.4 Å². The SMILES string of the molecule is CCOC(=O)c1cc(CN)ncn1.Cl. The molecule has 0 amide bonds. The van der Waals surface area contributed by atoms with Gasteiger partial charge in [0.25, 0.3) is 0 Å². The Morgan fingerprint density at radius 3 is 2.86 bits per heavy atom. The maximum atomic E-state index is 11.2. The molecule has 78 valence electrons. The molecule has 0 radical (unpaired) electrons. The molecule has 0 saturated carbocycles. The number of esters is 1. The van der Waals surface area contributed by atoms with E-state index in [1.54, 1.807) is 6.92 Å². The highest BCUT2D eigenvalue weighted by Gasteiger charge is 2.08. The number of rotatable bonds is 3. The zero-order chi connectivity index (χ0) is 9.68. The van der Waals surface area contributed by atoms with Gasteiger partial charge in [-0.1, -0.05) is 0 Å². The Labute approximate surface area is 88.1 Å². The molecule has 1 heterocycles. The first-order valence-corrected chi connectivity index (χ1v) is 3.96. The third-order valence-corrected chi connectivity index (χ3v) is 1.42. The van der Waals surface area contributed by atoms with Crippen molar-refractivity contribution in [2.45, 2.75) is 13.5 Å². The molecule has 6 heteroatoms. The Bertz CT molecular complexity index is 306. The minimum Gasteiger partial charge on any atom is -0.461 e. The van der Waals surface area contributed by atoms with Crippen molar-refractivity contribution >= 4 is 18.4 Å². The van der Waals surface area contributed by atoms with Crippen LogP contribution in [0, 0.1) is 0 Å². The van der Waals surface area contributed by atoms with Gasteiger partial charge in [-0.3, -0.25) is 0 Å². The van der Waals surface area contributed by atoms with Gasteiger partial charge in [-0.15, -0.1) is 12.4 Å². The van der Waals surface area contributed by atoms with Crippen LogP contribution in [0.15, 0.2) is 12.4 Å². The quantitative estimate of drug-likeness (QED) is 0.748. The molecule has 0 saturated heterocycles. The van der Waals surface area contributed by atoms with E-state index < -0.39 is 5.97 Å². The number of ether oxygens (including phenoxy) is 1. The van der Waals surface area contributed by atoms with Crippen LogP contribution in [0.1, 0.15) is 23.1 Å². The summed E-state index contributed by atoms with van der Waals surface area (Å²) in [6, 6.07) is 1.53. The van der Waals surface area contributed by atoms with Crippen molar-refractivity contribution in [2.24, 2.45) is 5.73 Å². The topological polar surface area (TPSA) is 78.1 Å². The summed E-state index contributed by atoms with van der Waals surface area (Å²) < 4.78 is 4.76. The molecule has 0 unspecified atom stereocenters. The smallest absolute Gasteiger partial charge is 0.357 e. The monoisotopic (exact) mass is 217 g/mol. The van der Waals surface area contributed by atoms with Crippen LogP contribution in [0.5, 0.6) is 0 Å². The first-order valence-electron chi connectivity index (χ1n) is 3.96. The lowest BCUT2D eigenvalue weighted by atomic mass is 10.3. The molecular formula is C8H12ClN3O2. The van der Waals surface area contributed by atoms with Crippen LogP contribution in [0.4, 0.5) is 0 Å². The second-order valence-electron chi connectivity index (χ2n) is 2.32. The minimum absolute atomic E-state index is 0. The third-order valence-electron chi connectivity index (χ3n) is 1.42. The molecule has 14 heavy (non-hydrogen) atoms. The number of hydrogen-bond acceptors (Lipinski definition) is 5. The van der Waals surface area contributed by atoms with E-state index in [0.717, 1.165) is 0 Å². The Kier molecular flexibility index (Phi) is 5.74. The number of hydrogen-bond donors (Lipinski definition) is 1. The summed E-state index contributed by atoms with van der Waals surface area (Å²) in [7, 11) is 0. The van der Waals surface area contributed by atoms with E-state index >= 15 is 0 Å². The number of nitrogens with two attached hydrogens (primary N) is 1. The molecule has 5 nitrogen and oxygen atoms in total. The molecule has 2 N–H and O–H groups in total. The van der Waals surface area contributed by atoms with E-state index in [4.69, 9.17) is 10.5 Å². The number of carbonyl (C=O) groups excluding carboxylic acids is 1. The van der Waals surface area contributed by atoms with Crippen LogP contribution in [0.2, 0.25) is 0 Å². The predicted molar refractivity (Wildman–Crippen MR) is 53.1 cm³/mol. The Morgan fingerprint density at radius 1 is 1.57 bits per heavy atom. The molecular weight excluding hydrogens is 206 g/mol. The molecule has 1 rings (SSSR count). The van der Waals surface area contributed by atoms with Gasteiger partial charge in [0.15, 0.2) is 5.69 Å². The molecule has 0 atom stereocenters. The van der Waals surface area contributed by atoms with Gasteiger partial charge in [-0.05, 0) is 13.0 Å². The van der Waals surface area contributed by atoms with Gasteiger partial charge in [0.05, 0.1) is 12.3 Å². The van der Waals surface area contributed by atoms with Crippen molar-refractivity contribution < 1.29 is 9.53 Å². The van der Waals surface area contributed by atoms with E-state index in [9.17, 15) is 4.79 Å². The zero-order valence-corrected chi connectivity index (χ0v) is 8.58. The molecule has 1 aromatic rings. The van der Waals surface area contributed by atoms with Crippen molar-refractivity contribution in [1.82, 2.24) is 9.97 Å². The van der Waals surface area contributed by atoms with Crippen molar-refractivity contribution in [3.8, 4) is 0 Å². The van der Waals surface area contributed by atoms with Crippen LogP contribution in [-0.2, 0) is 11.3 Å². The lowest BCUT2D eigenvalue weighted by Crippen LogP contribution is -2.09. The number of aromatic nitrogens is 2. The highest BCUT2D eigenvalue weighted by Crippen LogP contribution is 1.99. The first-order chi connectivity index (χ1) is 6.27. The standard InChI is InChI=1S/C8H11N3O2.ClH/c1-2-13-8(12)7-3-6(4-9)10-5-11-7;/h3,5H,2,4,9H2,1H3;1H. The average Bonchev–Trinajstić information content (AvgIpc) is 2.18. The van der Waals surface area contributed by atoms with Crippen molar-refractivity contribution in [1.29, 1.82) is 0 Å². The van der Waals surface area contributed by atoms with Gasteiger partial charge in [0.1, 0.15) is 6.33 Å². The Balaban J connectivity index is 0.00000169. The average molecular weight is 218 g/mol. The van der Waals surface area contributed by atoms with Crippen LogP contribution >= 0.6 is 12.4 Å². The second kappa shape index (κ2) is 6.28. The summed E-state index contributed by atoms with van der Waals surface area (Å²) in [5.41, 5.74) is 6.22. The fraction of sp³-hybridized carbons (Fsp3) is 0.375. The van der Waals surface area contributed by atoms with Crippen LogP contribution in [0.3, 0.4) is 0 Å². The predicted octanol–water partition coefficient (Wildman–Crippen LogP) is 0.534. The van der Waals surface area contributed by atoms with Crippen LogP contribution < -0.4 is 5.73 Å². The number of carbonyl (C=O) groups is 1. The summed E-state index contributed by atoms with van der Waals surface area (Å²) in [6.45, 7) is 2.36. The van der Waals surface area contributed by atoms with Gasteiger partial charge in [0.2, 0.25) is 0 Å². The Morgan fingerprint density at radius 2 is 2.29 bits per heavy atom. The number of nitrogens with zero attached hydrogens (tertiary/aromatic N) is 2. The van der Waals surface area contributed by atoms with Crippen molar-refractivity contribution in [2.75, 3.05) is 6.61 Å². The maximum absolute atomic E-state index is 11.2. The van der Waals surface area contributed by atoms with Gasteiger partial charge in [-0.2, -0.15) is 0 Å². The molecule has 0 aliphatic carbocycles. The summed E-state index contributed by atoms with van der Waals surface area (Å²) >= 11 is 0. The molecule has 0 fully saturated rings. The minimum atomic E-state index is -0.445. The van der Waals surface area contributed by atoms with Crippen LogP contribution in [-0.4, -0.2) is 22.5 Å². The fourth-order valence-electron chi connectivity index (χ4n) is 0.826.